The Bertz CT molecular complexity index is 1500. The summed E-state index contributed by atoms with van der Waals surface area (Å²) < 4.78 is 70.0. The van der Waals surface area contributed by atoms with Crippen molar-refractivity contribution in [3.8, 4) is 5.69 Å². The van der Waals surface area contributed by atoms with Crippen LogP contribution in [0, 0.1) is 13.8 Å². The molecule has 202 valence electrons. The maximum atomic E-state index is 13.7. The van der Waals surface area contributed by atoms with Gasteiger partial charge in [0.25, 0.3) is 0 Å². The van der Waals surface area contributed by atoms with Gasteiger partial charge < -0.3 is 16.0 Å². The quantitative estimate of drug-likeness (QED) is 0.454. The molecule has 1 aliphatic carbocycles. The molecule has 1 aliphatic heterocycles. The molecule has 0 unspecified atom stereocenters. The molecule has 0 spiro atoms. The molecule has 2 fully saturated rings. The number of pyridine rings is 1. The molecule has 2 aromatic heterocycles. The van der Waals surface area contributed by atoms with Gasteiger partial charge >= 0.3 is 6.18 Å². The molecule has 0 bridgehead atoms. The minimum Gasteiger partial charge on any atom is -0.343 e. The fourth-order valence-electron chi connectivity index (χ4n) is 4.78. The number of nitrogens with two attached hydrogens (primary N) is 1. The highest BCUT2D eigenvalue weighted by molar-refractivity contribution is 7.92. The first kappa shape index (κ1) is 26.2. The summed E-state index contributed by atoms with van der Waals surface area (Å²) in [5.74, 6) is -0.0416. The molecule has 3 heterocycles. The monoisotopic (exact) mass is 548 g/mol. The van der Waals surface area contributed by atoms with Crippen molar-refractivity contribution in [3.63, 3.8) is 0 Å². The molecule has 1 saturated carbocycles. The standard InChI is InChI=1S/C25H27F3N6O3S/c1-15-11-17(7-10-30-15)34-22(12-16(2)32-34)33-14-18(13-20(33)23(35)31-24(29)8-9-24)38(36,37)21-6-4-3-5-19(21)25(26,27)28/h3-7,10-12,18,20H,8-9,13-14,29H2,1-2H3,(H,31,35)/t18-,20+/m1/s1. The first-order valence-corrected chi connectivity index (χ1v) is 13.6. The summed E-state index contributed by atoms with van der Waals surface area (Å²) in [6, 6.07) is 8.34. The number of amides is 1. The summed E-state index contributed by atoms with van der Waals surface area (Å²) in [6.45, 7) is 3.36. The molecule has 38 heavy (non-hydrogen) atoms. The molecule has 1 saturated heterocycles. The van der Waals surface area contributed by atoms with Crippen molar-refractivity contribution in [2.24, 2.45) is 5.73 Å². The minimum absolute atomic E-state index is 0.209. The van der Waals surface area contributed by atoms with Gasteiger partial charge in [-0.1, -0.05) is 12.1 Å². The average Bonchev–Trinajstić information content (AvgIpc) is 3.24. The number of hydrogen-bond acceptors (Lipinski definition) is 7. The summed E-state index contributed by atoms with van der Waals surface area (Å²) >= 11 is 0. The minimum atomic E-state index is -4.86. The van der Waals surface area contributed by atoms with Crippen molar-refractivity contribution >= 4 is 21.6 Å². The second-order valence-electron chi connectivity index (χ2n) is 9.92. The maximum absolute atomic E-state index is 13.7. The van der Waals surface area contributed by atoms with E-state index in [2.05, 4.69) is 15.4 Å². The first-order valence-electron chi connectivity index (χ1n) is 12.1. The lowest BCUT2D eigenvalue weighted by molar-refractivity contribution is -0.139. The van der Waals surface area contributed by atoms with Gasteiger partial charge in [-0.05, 0) is 57.4 Å². The number of anilines is 1. The Morgan fingerprint density at radius 3 is 2.50 bits per heavy atom. The number of hydrogen-bond donors (Lipinski definition) is 2. The van der Waals surface area contributed by atoms with E-state index < -0.39 is 49.3 Å². The average molecular weight is 549 g/mol. The number of halogens is 3. The largest absolute Gasteiger partial charge is 0.417 e. The van der Waals surface area contributed by atoms with Gasteiger partial charge in [-0.15, -0.1) is 0 Å². The van der Waals surface area contributed by atoms with Gasteiger partial charge in [-0.2, -0.15) is 18.3 Å². The Morgan fingerprint density at radius 2 is 1.84 bits per heavy atom. The fraction of sp³-hybridized carbons (Fsp3) is 0.400. The first-order chi connectivity index (χ1) is 17.8. The van der Waals surface area contributed by atoms with E-state index in [0.29, 0.717) is 30.0 Å². The van der Waals surface area contributed by atoms with Crippen LogP contribution in [0.1, 0.15) is 36.2 Å². The lowest BCUT2D eigenvalue weighted by Gasteiger charge is -2.27. The van der Waals surface area contributed by atoms with Crippen molar-refractivity contribution in [1.82, 2.24) is 20.1 Å². The van der Waals surface area contributed by atoms with Crippen LogP contribution >= 0.6 is 0 Å². The zero-order valence-electron chi connectivity index (χ0n) is 20.7. The van der Waals surface area contributed by atoms with Crippen molar-refractivity contribution in [1.29, 1.82) is 0 Å². The summed E-state index contributed by atoms with van der Waals surface area (Å²) in [7, 11) is -4.48. The third-order valence-electron chi connectivity index (χ3n) is 6.90. The van der Waals surface area contributed by atoms with Crippen LogP contribution in [0.5, 0.6) is 0 Å². The Kier molecular flexibility index (Phi) is 6.26. The summed E-state index contributed by atoms with van der Waals surface area (Å²) in [5, 5.41) is 6.03. The van der Waals surface area contributed by atoms with Crippen molar-refractivity contribution in [3.05, 3.63) is 65.6 Å². The van der Waals surface area contributed by atoms with Crippen LogP contribution in [-0.4, -0.2) is 52.6 Å². The maximum Gasteiger partial charge on any atom is 0.417 e. The second kappa shape index (κ2) is 9.09. The second-order valence-corrected chi connectivity index (χ2v) is 12.1. The predicted octanol–water partition coefficient (Wildman–Crippen LogP) is 2.89. The van der Waals surface area contributed by atoms with Gasteiger partial charge in [0, 0.05) is 24.5 Å². The molecule has 2 atom stereocenters. The van der Waals surface area contributed by atoms with Crippen LogP contribution in [0.2, 0.25) is 0 Å². The van der Waals surface area contributed by atoms with Crippen LogP contribution in [-0.2, 0) is 20.8 Å². The lowest BCUT2D eigenvalue weighted by atomic mass is 10.2. The molecule has 3 aromatic rings. The van der Waals surface area contributed by atoms with E-state index in [0.717, 1.165) is 23.9 Å². The van der Waals surface area contributed by atoms with E-state index in [1.54, 1.807) is 40.9 Å². The number of nitrogens with one attached hydrogen (secondary N) is 1. The molecule has 1 amide bonds. The molecular formula is C25H27F3N6O3S. The number of aromatic nitrogens is 3. The smallest absolute Gasteiger partial charge is 0.343 e. The number of carbonyl (C=O) groups is 1. The van der Waals surface area contributed by atoms with Crippen molar-refractivity contribution < 1.29 is 26.4 Å². The third kappa shape index (κ3) is 4.87. The van der Waals surface area contributed by atoms with E-state index in [9.17, 15) is 26.4 Å². The highest BCUT2D eigenvalue weighted by Gasteiger charge is 2.49. The lowest BCUT2D eigenvalue weighted by Crippen LogP contribution is -2.52. The van der Waals surface area contributed by atoms with Gasteiger partial charge in [0.1, 0.15) is 11.9 Å². The number of alkyl halides is 3. The third-order valence-corrected chi connectivity index (χ3v) is 9.08. The van der Waals surface area contributed by atoms with Crippen LogP contribution in [0.3, 0.4) is 0 Å². The molecule has 9 nitrogen and oxygen atoms in total. The molecule has 2 aliphatic rings. The Hall–Kier alpha value is -3.45. The Labute approximate surface area is 217 Å². The number of benzene rings is 1. The van der Waals surface area contributed by atoms with E-state index in [1.165, 1.54) is 6.07 Å². The summed E-state index contributed by atoms with van der Waals surface area (Å²) in [6.07, 6.45) is -2.30. The predicted molar refractivity (Wildman–Crippen MR) is 133 cm³/mol. The molecule has 13 heteroatoms. The molecular weight excluding hydrogens is 521 g/mol. The topological polar surface area (TPSA) is 123 Å². The summed E-state index contributed by atoms with van der Waals surface area (Å²) in [5.41, 5.74) is 5.99. The molecule has 5 rings (SSSR count). The summed E-state index contributed by atoms with van der Waals surface area (Å²) in [4.78, 5) is 18.4. The molecule has 1 aromatic carbocycles. The van der Waals surface area contributed by atoms with Gasteiger partial charge in [0.2, 0.25) is 5.91 Å². The number of rotatable bonds is 6. The molecule has 3 N–H and O–H groups in total. The van der Waals surface area contributed by atoms with E-state index in [4.69, 9.17) is 5.73 Å². The van der Waals surface area contributed by atoms with Crippen LogP contribution in [0.4, 0.5) is 19.0 Å². The van der Waals surface area contributed by atoms with E-state index in [-0.39, 0.29) is 13.0 Å². The van der Waals surface area contributed by atoms with Gasteiger partial charge in [0.15, 0.2) is 9.84 Å². The molecule has 0 radical (unpaired) electrons. The van der Waals surface area contributed by atoms with Crippen LogP contribution < -0.4 is 16.0 Å². The Balaban J connectivity index is 1.57. The normalized spacial score (nSPS) is 20.9. The number of nitrogens with zero attached hydrogens (tertiary/aromatic N) is 4. The van der Waals surface area contributed by atoms with E-state index >= 15 is 0 Å². The zero-order valence-corrected chi connectivity index (χ0v) is 21.6. The van der Waals surface area contributed by atoms with Crippen molar-refractivity contribution in [2.45, 2.75) is 61.1 Å². The van der Waals surface area contributed by atoms with Crippen LogP contribution in [0.25, 0.3) is 5.69 Å². The van der Waals surface area contributed by atoms with Gasteiger partial charge in [0.05, 0.1) is 32.8 Å². The Morgan fingerprint density at radius 1 is 1.13 bits per heavy atom. The van der Waals surface area contributed by atoms with Crippen LogP contribution in [0.15, 0.2) is 53.6 Å². The van der Waals surface area contributed by atoms with Gasteiger partial charge in [-0.3, -0.25) is 9.78 Å². The van der Waals surface area contributed by atoms with Crippen molar-refractivity contribution in [2.75, 3.05) is 11.4 Å². The number of carbonyl (C=O) groups excluding carboxylic acids is 1. The fourth-order valence-corrected chi connectivity index (χ4v) is 6.69. The SMILES string of the molecule is Cc1cc(-n2nc(C)cc2N2C[C@H](S(=O)(=O)c3ccccc3C(F)(F)F)C[C@H]2C(=O)NC2(N)CC2)ccn1. The number of aryl methyl sites for hydroxylation is 2. The van der Waals surface area contributed by atoms with E-state index in [1.807, 2.05) is 6.92 Å². The number of sulfone groups is 1. The van der Waals surface area contributed by atoms with Gasteiger partial charge in [-0.25, -0.2) is 13.1 Å². The highest BCUT2D eigenvalue weighted by Crippen LogP contribution is 2.39. The highest BCUT2D eigenvalue weighted by atomic mass is 32.2. The zero-order chi connectivity index (χ0) is 27.5.